The summed E-state index contributed by atoms with van der Waals surface area (Å²) in [6.45, 7) is 3.57. The lowest BCUT2D eigenvalue weighted by molar-refractivity contribution is -0.117. The summed E-state index contributed by atoms with van der Waals surface area (Å²) >= 11 is 6.13. The molecule has 0 aliphatic carbocycles. The van der Waals surface area contributed by atoms with Crippen LogP contribution in [0.2, 0.25) is 5.02 Å². The van der Waals surface area contributed by atoms with Crippen molar-refractivity contribution in [3.05, 3.63) is 46.7 Å². The van der Waals surface area contributed by atoms with E-state index in [1.54, 1.807) is 24.3 Å². The minimum atomic E-state index is -0.292. The lowest BCUT2D eigenvalue weighted by Gasteiger charge is -2.34. The molecule has 9 heteroatoms. The van der Waals surface area contributed by atoms with Crippen LogP contribution < -0.4 is 19.5 Å². The Morgan fingerprint density at radius 3 is 2.19 bits per heavy atom. The number of nitrogens with one attached hydrogen (secondary N) is 1. The van der Waals surface area contributed by atoms with Crippen LogP contribution in [-0.2, 0) is 11.3 Å². The molecule has 3 rings (SSSR count). The predicted octanol–water partition coefficient (Wildman–Crippen LogP) is 3.26. The highest BCUT2D eigenvalue weighted by Crippen LogP contribution is 2.39. The van der Waals surface area contributed by atoms with Crippen molar-refractivity contribution < 1.29 is 23.4 Å². The van der Waals surface area contributed by atoms with E-state index in [2.05, 4.69) is 15.1 Å². The quantitative estimate of drug-likeness (QED) is 0.664. The number of ether oxygens (including phenoxy) is 3. The third-order valence-corrected chi connectivity index (χ3v) is 5.58. The van der Waals surface area contributed by atoms with Crippen LogP contribution in [-0.4, -0.2) is 69.8 Å². The first-order valence-corrected chi connectivity index (χ1v) is 10.3. The van der Waals surface area contributed by atoms with E-state index < -0.39 is 0 Å². The van der Waals surface area contributed by atoms with Gasteiger partial charge in [-0.1, -0.05) is 17.7 Å². The summed E-state index contributed by atoms with van der Waals surface area (Å²) in [4.78, 5) is 16.7. The molecule has 1 heterocycles. The summed E-state index contributed by atoms with van der Waals surface area (Å²) in [6.07, 6.45) is 0. The monoisotopic (exact) mass is 451 g/mol. The molecule has 7 nitrogen and oxygen atoms in total. The maximum Gasteiger partial charge on any atom is 0.238 e. The lowest BCUT2D eigenvalue weighted by atomic mass is 10.2. The smallest absolute Gasteiger partial charge is 0.238 e. The van der Waals surface area contributed by atoms with E-state index in [1.807, 2.05) is 0 Å². The number of hydrogen-bond donors (Lipinski definition) is 1. The number of halogens is 2. The van der Waals surface area contributed by atoms with Crippen molar-refractivity contribution in [1.29, 1.82) is 0 Å². The second-order valence-electron chi connectivity index (χ2n) is 7.21. The number of nitrogens with zero attached hydrogens (tertiary/aromatic N) is 2. The van der Waals surface area contributed by atoms with Crippen LogP contribution in [0.15, 0.2) is 30.3 Å². The van der Waals surface area contributed by atoms with Gasteiger partial charge in [0.1, 0.15) is 5.82 Å². The SMILES string of the molecule is COc1cc(NC(=O)CN2CCN(Cc3c(F)cccc3Cl)CC2)cc(OC)c1OC. The van der Waals surface area contributed by atoms with Gasteiger partial charge in [-0.3, -0.25) is 14.6 Å². The minimum absolute atomic E-state index is 0.139. The highest BCUT2D eigenvalue weighted by Gasteiger charge is 2.21. The Labute approximate surface area is 186 Å². The largest absolute Gasteiger partial charge is 0.493 e. The first-order valence-electron chi connectivity index (χ1n) is 9.92. The molecule has 1 aliphatic heterocycles. The fraction of sp³-hybridized carbons (Fsp3) is 0.409. The fourth-order valence-electron chi connectivity index (χ4n) is 3.57. The summed E-state index contributed by atoms with van der Waals surface area (Å²) in [5.41, 5.74) is 1.07. The van der Waals surface area contributed by atoms with Gasteiger partial charge in [-0.25, -0.2) is 4.39 Å². The van der Waals surface area contributed by atoms with E-state index in [-0.39, 0.29) is 18.3 Å². The zero-order valence-corrected chi connectivity index (χ0v) is 18.7. The number of methoxy groups -OCH3 is 3. The van der Waals surface area contributed by atoms with Gasteiger partial charge in [-0.2, -0.15) is 0 Å². The minimum Gasteiger partial charge on any atom is -0.493 e. The van der Waals surface area contributed by atoms with Crippen LogP contribution in [0, 0.1) is 5.82 Å². The van der Waals surface area contributed by atoms with Crippen molar-refractivity contribution in [2.45, 2.75) is 6.54 Å². The molecule has 1 fully saturated rings. The van der Waals surface area contributed by atoms with Gasteiger partial charge >= 0.3 is 0 Å². The Bertz CT molecular complexity index is 874. The van der Waals surface area contributed by atoms with Crippen molar-refractivity contribution in [3.63, 3.8) is 0 Å². The first kappa shape index (κ1) is 23.1. The van der Waals surface area contributed by atoms with E-state index in [0.29, 0.717) is 53.2 Å². The Morgan fingerprint density at radius 1 is 1.03 bits per heavy atom. The van der Waals surface area contributed by atoms with Crippen LogP contribution in [0.25, 0.3) is 0 Å². The van der Waals surface area contributed by atoms with Crippen molar-refractivity contribution in [1.82, 2.24) is 9.80 Å². The molecule has 0 saturated carbocycles. The van der Waals surface area contributed by atoms with Gasteiger partial charge < -0.3 is 19.5 Å². The highest BCUT2D eigenvalue weighted by molar-refractivity contribution is 6.31. The van der Waals surface area contributed by atoms with Crippen molar-refractivity contribution >= 4 is 23.2 Å². The van der Waals surface area contributed by atoms with Gasteiger partial charge in [-0.15, -0.1) is 0 Å². The molecule has 0 atom stereocenters. The van der Waals surface area contributed by atoms with Crippen LogP contribution in [0.5, 0.6) is 17.2 Å². The molecule has 31 heavy (non-hydrogen) atoms. The van der Waals surface area contributed by atoms with Crippen LogP contribution in [0.4, 0.5) is 10.1 Å². The van der Waals surface area contributed by atoms with Crippen molar-refractivity contribution in [3.8, 4) is 17.2 Å². The average Bonchev–Trinajstić information content (AvgIpc) is 2.76. The Hall–Kier alpha value is -2.55. The summed E-state index contributed by atoms with van der Waals surface area (Å²) in [5.74, 6) is 0.976. The third-order valence-electron chi connectivity index (χ3n) is 5.22. The molecule has 2 aromatic rings. The number of rotatable bonds is 8. The summed E-state index contributed by atoms with van der Waals surface area (Å²) in [6, 6.07) is 8.10. The van der Waals surface area contributed by atoms with E-state index in [9.17, 15) is 9.18 Å². The maximum absolute atomic E-state index is 14.0. The molecule has 1 amide bonds. The molecule has 0 spiro atoms. The summed E-state index contributed by atoms with van der Waals surface area (Å²) < 4.78 is 30.0. The third kappa shape index (κ3) is 5.78. The van der Waals surface area contributed by atoms with Crippen LogP contribution in [0.1, 0.15) is 5.56 Å². The van der Waals surface area contributed by atoms with Gasteiger partial charge in [0.15, 0.2) is 11.5 Å². The standard InChI is InChI=1S/C22H27ClFN3O4/c1-29-19-11-15(12-20(30-2)22(19)31-3)25-21(28)14-27-9-7-26(8-10-27)13-16-17(23)5-4-6-18(16)24/h4-6,11-12H,7-10,13-14H2,1-3H3,(H,25,28). The molecule has 1 aliphatic rings. The zero-order valence-electron chi connectivity index (χ0n) is 17.9. The molecule has 0 aromatic heterocycles. The van der Waals surface area contributed by atoms with E-state index in [0.717, 1.165) is 13.1 Å². The topological polar surface area (TPSA) is 63.3 Å². The Kier molecular flexibility index (Phi) is 7.95. The summed E-state index contributed by atoms with van der Waals surface area (Å²) in [5, 5.41) is 3.32. The molecule has 2 aromatic carbocycles. The second-order valence-corrected chi connectivity index (χ2v) is 7.62. The Morgan fingerprint density at radius 2 is 1.65 bits per heavy atom. The van der Waals surface area contributed by atoms with E-state index in [1.165, 1.54) is 27.4 Å². The number of anilines is 1. The normalized spacial score (nSPS) is 14.9. The highest BCUT2D eigenvalue weighted by atomic mass is 35.5. The van der Waals surface area contributed by atoms with Crippen LogP contribution >= 0.6 is 11.6 Å². The number of carbonyl (C=O) groups excluding carboxylic acids is 1. The van der Waals surface area contributed by atoms with Gasteiger partial charge in [0.25, 0.3) is 0 Å². The van der Waals surface area contributed by atoms with Gasteiger partial charge in [0.2, 0.25) is 11.7 Å². The average molecular weight is 452 g/mol. The number of amides is 1. The molecule has 1 saturated heterocycles. The first-order chi connectivity index (χ1) is 14.9. The Balaban J connectivity index is 1.53. The fourth-order valence-corrected chi connectivity index (χ4v) is 3.79. The lowest BCUT2D eigenvalue weighted by Crippen LogP contribution is -2.48. The van der Waals surface area contributed by atoms with Gasteiger partial charge in [0.05, 0.1) is 27.9 Å². The second kappa shape index (κ2) is 10.7. The van der Waals surface area contributed by atoms with Crippen molar-refractivity contribution in [2.24, 2.45) is 0 Å². The van der Waals surface area contributed by atoms with Gasteiger partial charge in [0, 0.05) is 61.1 Å². The number of hydrogen-bond acceptors (Lipinski definition) is 6. The van der Waals surface area contributed by atoms with Crippen molar-refractivity contribution in [2.75, 3.05) is 59.4 Å². The molecule has 0 radical (unpaired) electrons. The summed E-state index contributed by atoms with van der Waals surface area (Å²) in [7, 11) is 4.58. The van der Waals surface area contributed by atoms with Gasteiger partial charge in [-0.05, 0) is 12.1 Å². The van der Waals surface area contributed by atoms with E-state index >= 15 is 0 Å². The van der Waals surface area contributed by atoms with E-state index in [4.69, 9.17) is 25.8 Å². The molecule has 0 bridgehead atoms. The zero-order chi connectivity index (χ0) is 22.4. The maximum atomic E-state index is 14.0. The van der Waals surface area contributed by atoms with Crippen LogP contribution in [0.3, 0.4) is 0 Å². The number of benzene rings is 2. The number of carbonyl (C=O) groups is 1. The molecular formula is C22H27ClFN3O4. The number of piperazine rings is 1. The molecule has 0 unspecified atom stereocenters. The molecular weight excluding hydrogens is 425 g/mol. The molecule has 168 valence electrons. The molecule has 1 N–H and O–H groups in total. The predicted molar refractivity (Wildman–Crippen MR) is 118 cm³/mol.